The lowest BCUT2D eigenvalue weighted by molar-refractivity contribution is -0.141. The molecule has 0 spiro atoms. The maximum absolute atomic E-state index is 12.1. The number of carboxylic acid groups (broad SMARTS) is 1. The topological polar surface area (TPSA) is 84.2 Å². The number of aliphatic carboxylic acids is 1. The highest BCUT2D eigenvalue weighted by Crippen LogP contribution is 2.15. The van der Waals surface area contributed by atoms with Gasteiger partial charge in [-0.3, -0.25) is 14.3 Å². The number of rotatable bonds is 6. The van der Waals surface area contributed by atoms with Crippen molar-refractivity contribution in [2.75, 3.05) is 5.32 Å². The van der Waals surface area contributed by atoms with Crippen molar-refractivity contribution < 1.29 is 14.7 Å². The second-order valence-electron chi connectivity index (χ2n) is 5.29. The molecule has 1 amide bonds. The summed E-state index contributed by atoms with van der Waals surface area (Å²) < 4.78 is 1.58. The van der Waals surface area contributed by atoms with E-state index in [1.54, 1.807) is 49.1 Å². The monoisotopic (exact) mass is 301 g/mol. The molecule has 116 valence electrons. The van der Waals surface area contributed by atoms with Gasteiger partial charge in [-0.05, 0) is 37.1 Å². The Labute approximate surface area is 128 Å². The van der Waals surface area contributed by atoms with Crippen molar-refractivity contribution >= 4 is 17.6 Å². The van der Waals surface area contributed by atoms with Crippen LogP contribution in [0, 0.1) is 5.92 Å². The van der Waals surface area contributed by atoms with Crippen LogP contribution in [-0.4, -0.2) is 26.8 Å². The van der Waals surface area contributed by atoms with Crippen molar-refractivity contribution in [3.63, 3.8) is 0 Å². The van der Waals surface area contributed by atoms with Crippen LogP contribution >= 0.6 is 0 Å². The van der Waals surface area contributed by atoms with Gasteiger partial charge in [0, 0.05) is 18.1 Å². The third kappa shape index (κ3) is 3.94. The Morgan fingerprint density at radius 1 is 1.27 bits per heavy atom. The summed E-state index contributed by atoms with van der Waals surface area (Å²) in [5.41, 5.74) is 1.60. The molecule has 6 heteroatoms. The van der Waals surface area contributed by atoms with Gasteiger partial charge in [-0.25, -0.2) is 0 Å². The summed E-state index contributed by atoms with van der Waals surface area (Å²) in [5.74, 6) is -1.40. The number of amides is 1. The summed E-state index contributed by atoms with van der Waals surface area (Å²) in [4.78, 5) is 23.0. The number of hydrogen-bond donors (Lipinski definition) is 2. The van der Waals surface area contributed by atoms with Gasteiger partial charge in [0.05, 0.1) is 5.92 Å². The van der Waals surface area contributed by atoms with E-state index in [-0.39, 0.29) is 5.91 Å². The summed E-state index contributed by atoms with van der Waals surface area (Å²) in [6.45, 7) is 3.44. The molecule has 22 heavy (non-hydrogen) atoms. The smallest absolute Gasteiger partial charge is 0.306 e. The van der Waals surface area contributed by atoms with Crippen molar-refractivity contribution in [2.24, 2.45) is 5.92 Å². The maximum atomic E-state index is 12.1. The van der Waals surface area contributed by atoms with Crippen LogP contribution in [0.4, 0.5) is 5.69 Å². The summed E-state index contributed by atoms with van der Waals surface area (Å²) in [6, 6.07) is 8.57. The molecule has 2 atom stereocenters. The van der Waals surface area contributed by atoms with Gasteiger partial charge in [-0.15, -0.1) is 0 Å². The average molecular weight is 301 g/mol. The number of nitrogens with one attached hydrogen (secondary N) is 1. The van der Waals surface area contributed by atoms with Crippen LogP contribution in [0.1, 0.15) is 25.5 Å². The van der Waals surface area contributed by atoms with Gasteiger partial charge in [-0.2, -0.15) is 5.10 Å². The summed E-state index contributed by atoms with van der Waals surface area (Å²) in [5, 5.41) is 15.8. The number of nitrogens with zero attached hydrogens (tertiary/aromatic N) is 2. The second-order valence-corrected chi connectivity index (χ2v) is 5.29. The first kappa shape index (κ1) is 15.8. The van der Waals surface area contributed by atoms with Crippen LogP contribution in [0.15, 0.2) is 42.7 Å². The second kappa shape index (κ2) is 6.89. The molecule has 6 nitrogen and oxygen atoms in total. The third-order valence-electron chi connectivity index (χ3n) is 3.49. The predicted octanol–water partition coefficient (Wildman–Crippen LogP) is 2.35. The van der Waals surface area contributed by atoms with Crippen molar-refractivity contribution in [3.05, 3.63) is 48.3 Å². The molecular weight excluding hydrogens is 282 g/mol. The first-order valence-corrected chi connectivity index (χ1v) is 7.09. The van der Waals surface area contributed by atoms with E-state index in [2.05, 4.69) is 10.4 Å². The van der Waals surface area contributed by atoms with Gasteiger partial charge in [0.15, 0.2) is 0 Å². The van der Waals surface area contributed by atoms with Crippen LogP contribution in [0.2, 0.25) is 0 Å². The molecule has 1 aromatic heterocycles. The number of aromatic nitrogens is 2. The minimum absolute atomic E-state index is 0.157. The van der Waals surface area contributed by atoms with E-state index in [9.17, 15) is 9.59 Å². The molecule has 2 N–H and O–H groups in total. The van der Waals surface area contributed by atoms with E-state index >= 15 is 0 Å². The number of anilines is 1. The molecule has 0 fully saturated rings. The van der Waals surface area contributed by atoms with Crippen molar-refractivity contribution in [1.29, 1.82) is 0 Å². The van der Waals surface area contributed by atoms with E-state index in [0.29, 0.717) is 12.1 Å². The molecule has 0 aliphatic rings. The fraction of sp³-hybridized carbons (Fsp3) is 0.312. The van der Waals surface area contributed by atoms with Crippen molar-refractivity contribution in [2.45, 2.75) is 26.3 Å². The first-order chi connectivity index (χ1) is 10.5. The highest BCUT2D eigenvalue weighted by molar-refractivity contribution is 5.93. The van der Waals surface area contributed by atoms with Crippen LogP contribution in [0.25, 0.3) is 0 Å². The fourth-order valence-corrected chi connectivity index (χ4v) is 2.04. The Bertz CT molecular complexity index is 635. The van der Waals surface area contributed by atoms with Gasteiger partial charge in [0.2, 0.25) is 5.91 Å². The van der Waals surface area contributed by atoms with Gasteiger partial charge in [-0.1, -0.05) is 19.1 Å². The van der Waals surface area contributed by atoms with Gasteiger partial charge < -0.3 is 10.4 Å². The molecule has 0 bridgehead atoms. The molecule has 0 aliphatic carbocycles. The summed E-state index contributed by atoms with van der Waals surface area (Å²) in [7, 11) is 0. The van der Waals surface area contributed by atoms with Gasteiger partial charge in [0.25, 0.3) is 0 Å². The Hall–Kier alpha value is -2.63. The van der Waals surface area contributed by atoms with E-state index in [4.69, 9.17) is 5.11 Å². The largest absolute Gasteiger partial charge is 0.481 e. The lowest BCUT2D eigenvalue weighted by Crippen LogP contribution is -2.23. The van der Waals surface area contributed by atoms with Crippen LogP contribution in [0.3, 0.4) is 0 Å². The number of hydrogen-bond acceptors (Lipinski definition) is 3. The Morgan fingerprint density at radius 3 is 2.50 bits per heavy atom. The molecule has 0 aliphatic heterocycles. The maximum Gasteiger partial charge on any atom is 0.306 e. The lowest BCUT2D eigenvalue weighted by Gasteiger charge is -2.13. The fourth-order valence-electron chi connectivity index (χ4n) is 2.04. The van der Waals surface area contributed by atoms with Crippen molar-refractivity contribution in [1.82, 2.24) is 9.78 Å². The first-order valence-electron chi connectivity index (χ1n) is 7.09. The van der Waals surface area contributed by atoms with E-state index in [0.717, 1.165) is 5.56 Å². The summed E-state index contributed by atoms with van der Waals surface area (Å²) in [6.07, 6.45) is 3.83. The number of carbonyl (C=O) groups excluding carboxylic acids is 1. The molecule has 2 aromatic rings. The molecule has 0 saturated heterocycles. The zero-order valence-electron chi connectivity index (χ0n) is 12.6. The van der Waals surface area contributed by atoms with Gasteiger partial charge in [0.1, 0.15) is 6.04 Å². The predicted molar refractivity (Wildman–Crippen MR) is 82.5 cm³/mol. The zero-order valence-corrected chi connectivity index (χ0v) is 12.6. The molecule has 0 radical (unpaired) electrons. The average Bonchev–Trinajstić information content (AvgIpc) is 3.02. The number of benzene rings is 1. The third-order valence-corrected chi connectivity index (χ3v) is 3.49. The van der Waals surface area contributed by atoms with E-state index in [1.807, 2.05) is 12.1 Å². The Morgan fingerprint density at radius 2 is 1.95 bits per heavy atom. The highest BCUT2D eigenvalue weighted by atomic mass is 16.4. The zero-order chi connectivity index (χ0) is 16.1. The molecule has 2 rings (SSSR count). The standard InChI is InChI=1S/C16H19N3O3/c1-11(16(21)22)10-13-4-6-14(7-5-13)18-15(20)12(2)19-9-3-8-17-19/h3-9,11-12H,10H2,1-2H3,(H,18,20)(H,21,22)/t11-,12-/m1/s1. The quantitative estimate of drug-likeness (QED) is 0.857. The van der Waals surface area contributed by atoms with Gasteiger partial charge >= 0.3 is 5.97 Å². The van der Waals surface area contributed by atoms with E-state index < -0.39 is 17.9 Å². The number of carboxylic acids is 1. The highest BCUT2D eigenvalue weighted by Gasteiger charge is 2.15. The normalized spacial score (nSPS) is 13.4. The molecular formula is C16H19N3O3. The lowest BCUT2D eigenvalue weighted by atomic mass is 10.0. The minimum Gasteiger partial charge on any atom is -0.481 e. The molecule has 0 unspecified atom stereocenters. The van der Waals surface area contributed by atoms with Crippen LogP contribution in [-0.2, 0) is 16.0 Å². The molecule has 0 saturated carbocycles. The molecule has 1 heterocycles. The number of carbonyl (C=O) groups is 2. The SMILES string of the molecule is C[C@H](Cc1ccc(NC(=O)[C@@H](C)n2cccn2)cc1)C(=O)O. The molecule has 1 aromatic carbocycles. The Balaban J connectivity index is 1.96. The van der Waals surface area contributed by atoms with Crippen LogP contribution < -0.4 is 5.32 Å². The van der Waals surface area contributed by atoms with E-state index in [1.165, 1.54) is 0 Å². The summed E-state index contributed by atoms with van der Waals surface area (Å²) >= 11 is 0. The Kier molecular flexibility index (Phi) is 4.93. The van der Waals surface area contributed by atoms with Crippen LogP contribution in [0.5, 0.6) is 0 Å². The minimum atomic E-state index is -0.814. The van der Waals surface area contributed by atoms with Crippen molar-refractivity contribution in [3.8, 4) is 0 Å².